The van der Waals surface area contributed by atoms with Gasteiger partial charge in [-0.3, -0.25) is 24.5 Å². The van der Waals surface area contributed by atoms with Crippen molar-refractivity contribution in [1.29, 1.82) is 0 Å². The Bertz CT molecular complexity index is 673. The van der Waals surface area contributed by atoms with Crippen molar-refractivity contribution in [3.8, 4) is 0 Å². The summed E-state index contributed by atoms with van der Waals surface area (Å²) in [4.78, 5) is 33.0. The predicted molar refractivity (Wildman–Crippen MR) is 91.0 cm³/mol. The molecule has 0 atom stereocenters. The first-order valence-electron chi connectivity index (χ1n) is 7.59. The Kier molecular flexibility index (Phi) is 6.39. The molecule has 2 aromatic rings. The zero-order valence-electron chi connectivity index (χ0n) is 13.8. The van der Waals surface area contributed by atoms with Gasteiger partial charge in [-0.1, -0.05) is 12.1 Å². The molecule has 0 aliphatic rings. The van der Waals surface area contributed by atoms with Gasteiger partial charge in [0, 0.05) is 44.3 Å². The fourth-order valence-electron chi connectivity index (χ4n) is 2.15. The van der Waals surface area contributed by atoms with Crippen LogP contribution < -0.4 is 10.6 Å². The minimum atomic E-state index is -0.109. The highest BCUT2D eigenvalue weighted by molar-refractivity contribution is 5.88. The lowest BCUT2D eigenvalue weighted by atomic mass is 10.2. The molecule has 0 radical (unpaired) electrons. The molecular formula is C17H21N5O2. The zero-order valence-corrected chi connectivity index (χ0v) is 13.8. The van der Waals surface area contributed by atoms with E-state index < -0.39 is 0 Å². The van der Waals surface area contributed by atoms with Gasteiger partial charge in [0.25, 0.3) is 0 Å². The van der Waals surface area contributed by atoms with Gasteiger partial charge in [-0.2, -0.15) is 0 Å². The molecule has 1 aromatic heterocycles. The van der Waals surface area contributed by atoms with E-state index in [0.717, 1.165) is 16.9 Å². The minimum Gasteiger partial charge on any atom is -0.351 e. The number of anilines is 1. The molecule has 0 aliphatic carbocycles. The Hall–Kier alpha value is -2.80. The van der Waals surface area contributed by atoms with E-state index in [2.05, 4.69) is 20.6 Å². The lowest BCUT2D eigenvalue weighted by Crippen LogP contribution is -2.34. The molecule has 24 heavy (non-hydrogen) atoms. The number of benzene rings is 1. The summed E-state index contributed by atoms with van der Waals surface area (Å²) >= 11 is 0. The van der Waals surface area contributed by atoms with Crippen LogP contribution in [0.2, 0.25) is 0 Å². The molecule has 0 fully saturated rings. The van der Waals surface area contributed by atoms with Gasteiger partial charge >= 0.3 is 0 Å². The van der Waals surface area contributed by atoms with Crippen LogP contribution in [0.4, 0.5) is 5.69 Å². The molecule has 2 N–H and O–H groups in total. The van der Waals surface area contributed by atoms with Crippen molar-refractivity contribution in [3.05, 3.63) is 54.1 Å². The van der Waals surface area contributed by atoms with Crippen LogP contribution >= 0.6 is 0 Å². The van der Waals surface area contributed by atoms with Gasteiger partial charge < -0.3 is 10.6 Å². The molecule has 1 aromatic carbocycles. The highest BCUT2D eigenvalue weighted by atomic mass is 16.2. The highest BCUT2D eigenvalue weighted by Crippen LogP contribution is 2.09. The number of nitrogens with zero attached hydrogens (tertiary/aromatic N) is 3. The summed E-state index contributed by atoms with van der Waals surface area (Å²) in [6, 6.07) is 7.36. The number of carbonyl (C=O) groups is 2. The molecule has 7 heteroatoms. The summed E-state index contributed by atoms with van der Waals surface area (Å²) in [5, 5.41) is 5.57. The monoisotopic (exact) mass is 327 g/mol. The Labute approximate surface area is 141 Å². The fraction of sp³-hybridized carbons (Fsp3) is 0.294. The topological polar surface area (TPSA) is 87.2 Å². The van der Waals surface area contributed by atoms with Crippen LogP contribution in [0.3, 0.4) is 0 Å². The first-order valence-corrected chi connectivity index (χ1v) is 7.59. The predicted octanol–water partition coefficient (Wildman–Crippen LogP) is 1.18. The van der Waals surface area contributed by atoms with Gasteiger partial charge in [0.1, 0.15) is 0 Å². The third-order valence-electron chi connectivity index (χ3n) is 3.23. The Morgan fingerprint density at radius 3 is 2.54 bits per heavy atom. The average molecular weight is 327 g/mol. The molecule has 2 amide bonds. The first-order chi connectivity index (χ1) is 11.5. The minimum absolute atomic E-state index is 0.0627. The summed E-state index contributed by atoms with van der Waals surface area (Å²) in [6.07, 6.45) is 4.94. The van der Waals surface area contributed by atoms with E-state index in [0.29, 0.717) is 13.1 Å². The third kappa shape index (κ3) is 6.13. The van der Waals surface area contributed by atoms with Crippen molar-refractivity contribution in [2.24, 2.45) is 0 Å². The van der Waals surface area contributed by atoms with Crippen LogP contribution in [0, 0.1) is 0 Å². The van der Waals surface area contributed by atoms with Crippen molar-refractivity contribution in [1.82, 2.24) is 20.2 Å². The standard InChI is InChI=1S/C17H21N5O2/c1-13(23)21-15-5-3-14(4-6-15)9-20-17(24)12-22(2)11-16-10-18-7-8-19-16/h3-8,10H,9,11-12H2,1-2H3,(H,20,24)(H,21,23). The van der Waals surface area contributed by atoms with Crippen LogP contribution in [0.25, 0.3) is 0 Å². The second-order valence-corrected chi connectivity index (χ2v) is 5.52. The van der Waals surface area contributed by atoms with Crippen LogP contribution in [0.15, 0.2) is 42.9 Å². The number of hydrogen-bond donors (Lipinski definition) is 2. The van der Waals surface area contributed by atoms with Crippen molar-refractivity contribution < 1.29 is 9.59 Å². The molecule has 0 spiro atoms. The largest absolute Gasteiger partial charge is 0.351 e. The van der Waals surface area contributed by atoms with E-state index in [4.69, 9.17) is 0 Å². The first kappa shape index (κ1) is 17.6. The summed E-state index contributed by atoms with van der Waals surface area (Å²) in [5.74, 6) is -0.172. The van der Waals surface area contributed by atoms with Crippen molar-refractivity contribution in [2.75, 3.05) is 18.9 Å². The lowest BCUT2D eigenvalue weighted by Gasteiger charge is -2.15. The lowest BCUT2D eigenvalue weighted by molar-refractivity contribution is -0.122. The highest BCUT2D eigenvalue weighted by Gasteiger charge is 2.08. The van der Waals surface area contributed by atoms with E-state index in [1.54, 1.807) is 18.6 Å². The second kappa shape index (κ2) is 8.73. The molecular weight excluding hydrogens is 306 g/mol. The molecule has 7 nitrogen and oxygen atoms in total. The van der Waals surface area contributed by atoms with Gasteiger partial charge in [0.15, 0.2) is 0 Å². The van der Waals surface area contributed by atoms with E-state index in [1.165, 1.54) is 6.92 Å². The van der Waals surface area contributed by atoms with E-state index in [9.17, 15) is 9.59 Å². The SMILES string of the molecule is CC(=O)Nc1ccc(CNC(=O)CN(C)Cc2cnccn2)cc1. The molecule has 2 rings (SSSR count). The smallest absolute Gasteiger partial charge is 0.234 e. The Morgan fingerprint density at radius 2 is 1.92 bits per heavy atom. The maximum atomic E-state index is 12.0. The summed E-state index contributed by atoms with van der Waals surface area (Å²) in [7, 11) is 1.86. The summed E-state index contributed by atoms with van der Waals surface area (Å²) < 4.78 is 0. The number of nitrogens with one attached hydrogen (secondary N) is 2. The van der Waals surface area contributed by atoms with Crippen LogP contribution in [-0.2, 0) is 22.7 Å². The number of carbonyl (C=O) groups excluding carboxylic acids is 2. The van der Waals surface area contributed by atoms with Gasteiger partial charge in [0.2, 0.25) is 11.8 Å². The van der Waals surface area contributed by atoms with E-state index in [-0.39, 0.29) is 18.4 Å². The Morgan fingerprint density at radius 1 is 1.17 bits per heavy atom. The Balaban J connectivity index is 1.75. The van der Waals surface area contributed by atoms with E-state index in [1.807, 2.05) is 36.2 Å². The number of amides is 2. The van der Waals surface area contributed by atoms with Gasteiger partial charge in [-0.05, 0) is 24.7 Å². The van der Waals surface area contributed by atoms with Crippen molar-refractivity contribution >= 4 is 17.5 Å². The second-order valence-electron chi connectivity index (χ2n) is 5.52. The normalized spacial score (nSPS) is 10.5. The molecule has 0 aliphatic heterocycles. The van der Waals surface area contributed by atoms with Gasteiger partial charge in [-0.15, -0.1) is 0 Å². The average Bonchev–Trinajstić information content (AvgIpc) is 2.54. The van der Waals surface area contributed by atoms with Crippen LogP contribution in [0.1, 0.15) is 18.2 Å². The van der Waals surface area contributed by atoms with E-state index >= 15 is 0 Å². The number of hydrogen-bond acceptors (Lipinski definition) is 5. The quantitative estimate of drug-likeness (QED) is 0.797. The number of aromatic nitrogens is 2. The molecule has 126 valence electrons. The fourth-order valence-corrected chi connectivity index (χ4v) is 2.15. The number of rotatable bonds is 7. The van der Waals surface area contributed by atoms with Crippen molar-refractivity contribution in [2.45, 2.75) is 20.0 Å². The summed E-state index contributed by atoms with van der Waals surface area (Å²) in [5.41, 5.74) is 2.52. The maximum absolute atomic E-state index is 12.0. The van der Waals surface area contributed by atoms with Crippen LogP contribution in [-0.4, -0.2) is 40.3 Å². The maximum Gasteiger partial charge on any atom is 0.234 e. The molecule has 0 bridgehead atoms. The zero-order chi connectivity index (χ0) is 17.4. The third-order valence-corrected chi connectivity index (χ3v) is 3.23. The van der Waals surface area contributed by atoms with Crippen molar-refractivity contribution in [3.63, 3.8) is 0 Å². The number of likely N-dealkylation sites (N-methyl/N-ethyl adjacent to an activating group) is 1. The molecule has 0 saturated carbocycles. The van der Waals surface area contributed by atoms with Gasteiger partial charge in [0.05, 0.1) is 12.2 Å². The molecule has 1 heterocycles. The molecule has 0 unspecified atom stereocenters. The van der Waals surface area contributed by atoms with Crippen LogP contribution in [0.5, 0.6) is 0 Å². The summed E-state index contributed by atoms with van der Waals surface area (Å²) in [6.45, 7) is 2.75. The van der Waals surface area contributed by atoms with Gasteiger partial charge in [-0.25, -0.2) is 0 Å². The molecule has 0 saturated heterocycles.